The third-order valence-electron chi connectivity index (χ3n) is 5.13. The van der Waals surface area contributed by atoms with E-state index in [1.807, 2.05) is 7.11 Å². The Bertz CT molecular complexity index is 392. The molecule has 0 unspecified atom stereocenters. The van der Waals surface area contributed by atoms with Gasteiger partial charge in [0.1, 0.15) is 0 Å². The highest BCUT2D eigenvalue weighted by Crippen LogP contribution is 2.41. The molecule has 0 bridgehead atoms. The van der Waals surface area contributed by atoms with Gasteiger partial charge in [-0.3, -0.25) is 4.99 Å². The van der Waals surface area contributed by atoms with E-state index < -0.39 is 0 Å². The van der Waals surface area contributed by atoms with Gasteiger partial charge in [-0.25, -0.2) is 0 Å². The normalized spacial score (nSPS) is 24.0. The zero-order valence-corrected chi connectivity index (χ0v) is 16.3. The van der Waals surface area contributed by atoms with Crippen LogP contribution in [0.5, 0.6) is 0 Å². The minimum absolute atomic E-state index is 0.315. The van der Waals surface area contributed by atoms with E-state index in [-0.39, 0.29) is 0 Å². The SMILES string of the molecule is CCNC(=NCC1(CCOC)CCCC1)N1CCSC(C)(C)C1. The van der Waals surface area contributed by atoms with E-state index in [0.717, 1.165) is 45.2 Å². The summed E-state index contributed by atoms with van der Waals surface area (Å²) in [5, 5.41) is 3.52. The number of guanidine groups is 1. The van der Waals surface area contributed by atoms with Crippen LogP contribution in [-0.2, 0) is 4.74 Å². The molecule has 5 heteroatoms. The van der Waals surface area contributed by atoms with Crippen molar-refractivity contribution >= 4 is 17.7 Å². The van der Waals surface area contributed by atoms with Crippen molar-refractivity contribution in [1.29, 1.82) is 0 Å². The van der Waals surface area contributed by atoms with E-state index in [9.17, 15) is 0 Å². The van der Waals surface area contributed by atoms with Crippen molar-refractivity contribution in [2.45, 2.75) is 57.6 Å². The first-order valence-electron chi connectivity index (χ1n) is 9.16. The largest absolute Gasteiger partial charge is 0.385 e. The maximum atomic E-state index is 5.35. The van der Waals surface area contributed by atoms with Crippen LogP contribution < -0.4 is 5.32 Å². The summed E-state index contributed by atoms with van der Waals surface area (Å²) in [5.41, 5.74) is 0.372. The van der Waals surface area contributed by atoms with Gasteiger partial charge in [0.15, 0.2) is 5.96 Å². The number of methoxy groups -OCH3 is 1. The van der Waals surface area contributed by atoms with Crippen LogP contribution in [-0.4, -0.2) is 61.3 Å². The van der Waals surface area contributed by atoms with E-state index in [1.165, 1.54) is 31.4 Å². The summed E-state index contributed by atoms with van der Waals surface area (Å²) >= 11 is 2.07. The van der Waals surface area contributed by atoms with E-state index in [4.69, 9.17) is 9.73 Å². The molecule has 1 saturated heterocycles. The van der Waals surface area contributed by atoms with Gasteiger partial charge in [-0.2, -0.15) is 11.8 Å². The second kappa shape index (κ2) is 8.61. The summed E-state index contributed by atoms with van der Waals surface area (Å²) in [6.45, 7) is 11.8. The summed E-state index contributed by atoms with van der Waals surface area (Å²) in [7, 11) is 1.81. The first-order chi connectivity index (χ1) is 11.0. The second-order valence-electron chi connectivity index (χ2n) is 7.65. The number of nitrogens with zero attached hydrogens (tertiary/aromatic N) is 2. The number of hydrogen-bond donors (Lipinski definition) is 1. The highest BCUT2D eigenvalue weighted by atomic mass is 32.2. The second-order valence-corrected chi connectivity index (χ2v) is 9.45. The average molecular weight is 342 g/mol. The van der Waals surface area contributed by atoms with Crippen molar-refractivity contribution < 1.29 is 4.74 Å². The molecule has 0 amide bonds. The van der Waals surface area contributed by atoms with Crippen molar-refractivity contribution in [3.63, 3.8) is 0 Å². The maximum absolute atomic E-state index is 5.35. The lowest BCUT2D eigenvalue weighted by Gasteiger charge is -2.39. The fraction of sp³-hybridized carbons (Fsp3) is 0.944. The Balaban J connectivity index is 2.04. The van der Waals surface area contributed by atoms with Gasteiger partial charge in [-0.05, 0) is 45.4 Å². The Morgan fingerprint density at radius 1 is 1.30 bits per heavy atom. The lowest BCUT2D eigenvalue weighted by Crippen LogP contribution is -2.51. The van der Waals surface area contributed by atoms with Gasteiger partial charge in [-0.15, -0.1) is 0 Å². The summed E-state index contributed by atoms with van der Waals surface area (Å²) in [6, 6.07) is 0. The highest BCUT2D eigenvalue weighted by Gasteiger charge is 2.34. The van der Waals surface area contributed by atoms with Gasteiger partial charge < -0.3 is 15.0 Å². The quantitative estimate of drug-likeness (QED) is 0.594. The molecule has 1 N–H and O–H groups in total. The van der Waals surface area contributed by atoms with Crippen LogP contribution in [0.4, 0.5) is 0 Å². The predicted octanol–water partition coefficient (Wildman–Crippen LogP) is 3.38. The molecule has 4 nitrogen and oxygen atoms in total. The predicted molar refractivity (Wildman–Crippen MR) is 101 cm³/mol. The molecule has 0 aromatic rings. The van der Waals surface area contributed by atoms with Crippen molar-refractivity contribution in [3.05, 3.63) is 0 Å². The van der Waals surface area contributed by atoms with Crippen molar-refractivity contribution in [2.75, 3.05) is 45.6 Å². The Hall–Kier alpha value is -0.420. The van der Waals surface area contributed by atoms with Crippen LogP contribution in [0.3, 0.4) is 0 Å². The summed E-state index contributed by atoms with van der Waals surface area (Å²) in [6.07, 6.45) is 6.46. The van der Waals surface area contributed by atoms with Crippen LogP contribution in [0.1, 0.15) is 52.9 Å². The van der Waals surface area contributed by atoms with Crippen LogP contribution in [0.25, 0.3) is 0 Å². The van der Waals surface area contributed by atoms with Gasteiger partial charge in [0, 0.05) is 50.4 Å². The zero-order chi connectivity index (χ0) is 16.8. The van der Waals surface area contributed by atoms with Crippen molar-refractivity contribution in [2.24, 2.45) is 10.4 Å². The molecule has 0 aromatic carbocycles. The number of hydrogen-bond acceptors (Lipinski definition) is 3. The topological polar surface area (TPSA) is 36.9 Å². The molecular formula is C18H35N3OS. The Morgan fingerprint density at radius 3 is 2.65 bits per heavy atom. The summed E-state index contributed by atoms with van der Waals surface area (Å²) in [5.74, 6) is 2.30. The van der Waals surface area contributed by atoms with Crippen LogP contribution in [0.2, 0.25) is 0 Å². The molecule has 0 spiro atoms. The first kappa shape index (κ1) is 18.9. The van der Waals surface area contributed by atoms with E-state index >= 15 is 0 Å². The monoisotopic (exact) mass is 341 g/mol. The Morgan fingerprint density at radius 2 is 2.04 bits per heavy atom. The van der Waals surface area contributed by atoms with Gasteiger partial charge in [-0.1, -0.05) is 12.8 Å². The van der Waals surface area contributed by atoms with Crippen molar-refractivity contribution in [3.8, 4) is 0 Å². The summed E-state index contributed by atoms with van der Waals surface area (Å²) < 4.78 is 5.66. The highest BCUT2D eigenvalue weighted by molar-refractivity contribution is 8.00. The fourth-order valence-electron chi connectivity index (χ4n) is 3.80. The number of ether oxygens (including phenoxy) is 1. The fourth-order valence-corrected chi connectivity index (χ4v) is 4.91. The molecule has 1 aliphatic carbocycles. The Labute approximate surface area is 146 Å². The molecular weight excluding hydrogens is 306 g/mol. The van der Waals surface area contributed by atoms with Crippen molar-refractivity contribution in [1.82, 2.24) is 10.2 Å². The smallest absolute Gasteiger partial charge is 0.194 e. The van der Waals surface area contributed by atoms with Gasteiger partial charge in [0.25, 0.3) is 0 Å². The zero-order valence-electron chi connectivity index (χ0n) is 15.5. The number of rotatable bonds is 6. The van der Waals surface area contributed by atoms with Crippen LogP contribution >= 0.6 is 11.8 Å². The molecule has 0 atom stereocenters. The number of thioether (sulfide) groups is 1. The molecule has 134 valence electrons. The molecule has 23 heavy (non-hydrogen) atoms. The minimum Gasteiger partial charge on any atom is -0.385 e. The molecule has 2 rings (SSSR count). The van der Waals surface area contributed by atoms with Gasteiger partial charge >= 0.3 is 0 Å². The lowest BCUT2D eigenvalue weighted by molar-refractivity contribution is 0.141. The molecule has 2 fully saturated rings. The van der Waals surface area contributed by atoms with E-state index in [0.29, 0.717) is 10.2 Å². The molecule has 0 radical (unpaired) electrons. The third-order valence-corrected chi connectivity index (χ3v) is 6.42. The van der Waals surface area contributed by atoms with E-state index in [1.54, 1.807) is 0 Å². The summed E-state index contributed by atoms with van der Waals surface area (Å²) in [4.78, 5) is 7.53. The molecule has 2 aliphatic rings. The van der Waals surface area contributed by atoms with Crippen LogP contribution in [0, 0.1) is 5.41 Å². The molecule has 0 aromatic heterocycles. The van der Waals surface area contributed by atoms with Gasteiger partial charge in [0.05, 0.1) is 0 Å². The lowest BCUT2D eigenvalue weighted by atomic mass is 9.83. The van der Waals surface area contributed by atoms with Gasteiger partial charge in [0.2, 0.25) is 0 Å². The molecule has 1 aliphatic heterocycles. The average Bonchev–Trinajstić information content (AvgIpc) is 2.97. The van der Waals surface area contributed by atoms with Crippen LogP contribution in [0.15, 0.2) is 4.99 Å². The maximum Gasteiger partial charge on any atom is 0.194 e. The third kappa shape index (κ3) is 5.56. The first-order valence-corrected chi connectivity index (χ1v) is 10.1. The van der Waals surface area contributed by atoms with E-state index in [2.05, 4.69) is 42.7 Å². The Kier molecular flexibility index (Phi) is 7.08. The standard InChI is InChI=1S/C18H35N3OS/c1-5-19-16(21-11-13-23-17(2,3)15-21)20-14-18(10-12-22-4)8-6-7-9-18/h5-15H2,1-4H3,(H,19,20). The molecule has 1 heterocycles. The number of nitrogens with one attached hydrogen (secondary N) is 1. The molecule has 1 saturated carbocycles. The minimum atomic E-state index is 0.315. The number of aliphatic imine (C=N–C) groups is 1.